The van der Waals surface area contributed by atoms with E-state index in [1.165, 1.54) is 4.90 Å². The summed E-state index contributed by atoms with van der Waals surface area (Å²) in [5.74, 6) is -0.178. The minimum Gasteiger partial charge on any atom is -0.496 e. The van der Waals surface area contributed by atoms with Crippen molar-refractivity contribution in [3.05, 3.63) is 41.1 Å². The Labute approximate surface area is 194 Å². The minimum absolute atomic E-state index is 0.117. The van der Waals surface area contributed by atoms with Crippen molar-refractivity contribution < 1.29 is 28.6 Å². The number of esters is 2. The first kappa shape index (κ1) is 24.6. The zero-order valence-electron chi connectivity index (χ0n) is 19.8. The third-order valence-electron chi connectivity index (χ3n) is 6.10. The molecule has 0 spiro atoms. The van der Waals surface area contributed by atoms with Gasteiger partial charge in [-0.25, -0.2) is 9.59 Å². The second-order valence-electron chi connectivity index (χ2n) is 8.07. The van der Waals surface area contributed by atoms with Crippen LogP contribution in [0.4, 0.5) is 4.79 Å². The third kappa shape index (κ3) is 5.47. The predicted molar refractivity (Wildman–Crippen MR) is 121 cm³/mol. The Balaban J connectivity index is 1.93. The monoisotopic (exact) mass is 459 g/mol. The van der Waals surface area contributed by atoms with Gasteiger partial charge >= 0.3 is 18.0 Å². The first-order chi connectivity index (χ1) is 15.9. The normalized spacial score (nSPS) is 19.8. The first-order valence-electron chi connectivity index (χ1n) is 11.4. The second-order valence-corrected chi connectivity index (χ2v) is 8.07. The number of carbonyl (C=O) groups is 3. The number of carbonyl (C=O) groups excluding carboxylic acids is 3. The van der Waals surface area contributed by atoms with Crippen molar-refractivity contribution in [2.45, 2.75) is 32.7 Å². The number of benzene rings is 1. The number of methoxy groups -OCH3 is 1. The Morgan fingerprint density at radius 2 is 1.76 bits per heavy atom. The number of hydrogen-bond acceptors (Lipinski definition) is 7. The number of rotatable bonds is 8. The molecule has 1 N–H and O–H groups in total. The van der Waals surface area contributed by atoms with Crippen LogP contribution < -0.4 is 10.1 Å². The maximum Gasteiger partial charge on any atom is 0.338 e. The molecule has 9 heteroatoms. The summed E-state index contributed by atoms with van der Waals surface area (Å²) in [6, 6.07) is 6.29. The molecule has 2 aliphatic rings. The van der Waals surface area contributed by atoms with E-state index in [-0.39, 0.29) is 24.5 Å². The van der Waals surface area contributed by atoms with Crippen LogP contribution >= 0.6 is 0 Å². The summed E-state index contributed by atoms with van der Waals surface area (Å²) < 4.78 is 16.0. The van der Waals surface area contributed by atoms with E-state index in [0.29, 0.717) is 61.7 Å². The number of nitrogens with one attached hydrogen (secondary N) is 1. The Morgan fingerprint density at radius 1 is 1.09 bits per heavy atom. The highest BCUT2D eigenvalue weighted by Crippen LogP contribution is 2.36. The number of likely N-dealkylation sites (tertiary alicyclic amines) is 1. The SMILES string of the molecule is CCOC(=O)C1=C(CN2CCC(C(=O)OCC)CC2)N(C)C(=O)N[C@H]1c1ccccc1OC. The number of amides is 2. The highest BCUT2D eigenvalue weighted by atomic mass is 16.5. The summed E-state index contributed by atoms with van der Waals surface area (Å²) in [5, 5.41) is 2.92. The maximum absolute atomic E-state index is 13.1. The molecule has 3 rings (SSSR count). The van der Waals surface area contributed by atoms with Crippen LogP contribution in [0, 0.1) is 5.92 Å². The Morgan fingerprint density at radius 3 is 2.39 bits per heavy atom. The molecular formula is C24H33N3O6. The number of ether oxygens (including phenoxy) is 3. The Hall–Kier alpha value is -3.07. The largest absolute Gasteiger partial charge is 0.496 e. The molecule has 0 unspecified atom stereocenters. The van der Waals surface area contributed by atoms with Crippen molar-refractivity contribution in [2.75, 3.05) is 47.0 Å². The number of nitrogens with zero attached hydrogens (tertiary/aromatic N) is 2. The van der Waals surface area contributed by atoms with Crippen LogP contribution in [0.2, 0.25) is 0 Å². The van der Waals surface area contributed by atoms with E-state index < -0.39 is 12.0 Å². The molecule has 0 aliphatic carbocycles. The average molecular weight is 460 g/mol. The lowest BCUT2D eigenvalue weighted by atomic mass is 9.92. The van der Waals surface area contributed by atoms with Crippen molar-refractivity contribution >= 4 is 18.0 Å². The summed E-state index contributed by atoms with van der Waals surface area (Å²) in [5.41, 5.74) is 1.65. The van der Waals surface area contributed by atoms with Gasteiger partial charge in [-0.2, -0.15) is 0 Å². The number of piperidine rings is 1. The van der Waals surface area contributed by atoms with E-state index in [1.807, 2.05) is 18.2 Å². The number of urea groups is 1. The van der Waals surface area contributed by atoms with Crippen LogP contribution in [0.15, 0.2) is 35.5 Å². The van der Waals surface area contributed by atoms with Crippen LogP contribution in [0.3, 0.4) is 0 Å². The van der Waals surface area contributed by atoms with Crippen LogP contribution in [0.25, 0.3) is 0 Å². The van der Waals surface area contributed by atoms with Crippen molar-refractivity contribution in [2.24, 2.45) is 5.92 Å². The highest BCUT2D eigenvalue weighted by Gasteiger charge is 2.39. The molecule has 0 saturated carbocycles. The standard InChI is InChI=1S/C24H33N3O6/c1-5-32-22(28)16-11-13-27(14-12-16)15-18-20(23(29)33-6-2)21(25-24(30)26(18)3)17-9-7-8-10-19(17)31-4/h7-10,16,21H,5-6,11-15H2,1-4H3,(H,25,30)/t21-/m0/s1. The molecule has 180 valence electrons. The molecule has 9 nitrogen and oxygen atoms in total. The van der Waals surface area contributed by atoms with E-state index >= 15 is 0 Å². The molecular weight excluding hydrogens is 426 g/mol. The molecule has 1 aromatic carbocycles. The second kappa shape index (κ2) is 11.2. The van der Waals surface area contributed by atoms with Crippen molar-refractivity contribution in [1.82, 2.24) is 15.1 Å². The minimum atomic E-state index is -0.698. The number of para-hydroxylation sites is 1. The molecule has 2 amide bonds. The molecule has 0 radical (unpaired) electrons. The summed E-state index contributed by atoms with van der Waals surface area (Å²) in [6.45, 7) is 5.87. The fourth-order valence-corrected chi connectivity index (χ4v) is 4.33. The first-order valence-corrected chi connectivity index (χ1v) is 11.4. The molecule has 0 bridgehead atoms. The van der Waals surface area contributed by atoms with Crippen LogP contribution in [0.1, 0.15) is 38.3 Å². The zero-order valence-corrected chi connectivity index (χ0v) is 19.8. The number of hydrogen-bond donors (Lipinski definition) is 1. The van der Waals surface area contributed by atoms with Gasteiger partial charge in [0, 0.05) is 24.9 Å². The van der Waals surface area contributed by atoms with Gasteiger partial charge in [-0.05, 0) is 45.8 Å². The summed E-state index contributed by atoms with van der Waals surface area (Å²) in [4.78, 5) is 41.7. The topological polar surface area (TPSA) is 97.4 Å². The van der Waals surface area contributed by atoms with Crippen molar-refractivity contribution in [3.63, 3.8) is 0 Å². The fourth-order valence-electron chi connectivity index (χ4n) is 4.33. The van der Waals surface area contributed by atoms with Gasteiger partial charge < -0.3 is 19.5 Å². The van der Waals surface area contributed by atoms with Gasteiger partial charge in [0.2, 0.25) is 0 Å². The predicted octanol–water partition coefficient (Wildman–Crippen LogP) is 2.48. The van der Waals surface area contributed by atoms with Crippen LogP contribution in [0.5, 0.6) is 5.75 Å². The molecule has 33 heavy (non-hydrogen) atoms. The Bertz CT molecular complexity index is 907. The van der Waals surface area contributed by atoms with Gasteiger partial charge in [-0.1, -0.05) is 18.2 Å². The van der Waals surface area contributed by atoms with Crippen molar-refractivity contribution in [1.29, 1.82) is 0 Å². The van der Waals surface area contributed by atoms with E-state index in [1.54, 1.807) is 34.1 Å². The van der Waals surface area contributed by atoms with Gasteiger partial charge in [-0.3, -0.25) is 14.6 Å². The smallest absolute Gasteiger partial charge is 0.338 e. The van der Waals surface area contributed by atoms with Gasteiger partial charge in [-0.15, -0.1) is 0 Å². The van der Waals surface area contributed by atoms with Gasteiger partial charge in [0.25, 0.3) is 0 Å². The van der Waals surface area contributed by atoms with Gasteiger partial charge in [0.05, 0.1) is 37.9 Å². The molecule has 1 fully saturated rings. The summed E-state index contributed by atoms with van der Waals surface area (Å²) >= 11 is 0. The quantitative estimate of drug-likeness (QED) is 0.597. The van der Waals surface area contributed by atoms with Crippen LogP contribution in [-0.2, 0) is 19.1 Å². The average Bonchev–Trinajstić information content (AvgIpc) is 2.82. The van der Waals surface area contributed by atoms with Crippen LogP contribution in [-0.4, -0.2) is 74.8 Å². The lowest BCUT2D eigenvalue weighted by Gasteiger charge is -2.38. The van der Waals surface area contributed by atoms with Gasteiger partial charge in [0.15, 0.2) is 0 Å². The molecule has 0 aromatic heterocycles. The summed E-state index contributed by atoms with van der Waals surface area (Å²) in [7, 11) is 3.20. The lowest BCUT2D eigenvalue weighted by Crippen LogP contribution is -2.50. The van der Waals surface area contributed by atoms with E-state index in [4.69, 9.17) is 14.2 Å². The van der Waals surface area contributed by atoms with E-state index in [2.05, 4.69) is 10.2 Å². The third-order valence-corrected chi connectivity index (χ3v) is 6.10. The molecule has 2 heterocycles. The highest BCUT2D eigenvalue weighted by molar-refractivity contribution is 5.95. The van der Waals surface area contributed by atoms with E-state index in [9.17, 15) is 14.4 Å². The molecule has 1 atom stereocenters. The Kier molecular flexibility index (Phi) is 8.32. The van der Waals surface area contributed by atoms with E-state index in [0.717, 1.165) is 0 Å². The number of likely N-dealkylation sites (N-methyl/N-ethyl adjacent to an activating group) is 1. The molecule has 2 aliphatic heterocycles. The molecule has 1 aromatic rings. The molecule has 1 saturated heterocycles. The maximum atomic E-state index is 13.1. The van der Waals surface area contributed by atoms with Gasteiger partial charge in [0.1, 0.15) is 5.75 Å². The fraction of sp³-hybridized carbons (Fsp3) is 0.542. The summed E-state index contributed by atoms with van der Waals surface area (Å²) in [6.07, 6.45) is 1.35. The zero-order chi connectivity index (χ0) is 24.0. The van der Waals surface area contributed by atoms with Crippen molar-refractivity contribution in [3.8, 4) is 5.75 Å². The lowest BCUT2D eigenvalue weighted by molar-refractivity contribution is -0.149.